The van der Waals surface area contributed by atoms with Crippen molar-refractivity contribution in [3.8, 4) is 17.0 Å². The zero-order valence-corrected chi connectivity index (χ0v) is 10.8. The molecule has 0 saturated carbocycles. The molecule has 0 radical (unpaired) electrons. The van der Waals surface area contributed by atoms with Gasteiger partial charge in [0.05, 0.1) is 5.56 Å². The molecule has 0 atom stereocenters. The normalized spacial score (nSPS) is 11.8. The van der Waals surface area contributed by atoms with Crippen LogP contribution >= 0.6 is 0 Å². The Morgan fingerprint density at radius 3 is 2.43 bits per heavy atom. The fourth-order valence-electron chi connectivity index (χ4n) is 1.85. The molecule has 112 valence electrons. The van der Waals surface area contributed by atoms with Gasteiger partial charge in [0, 0.05) is 17.8 Å². The van der Waals surface area contributed by atoms with Crippen LogP contribution in [0.25, 0.3) is 11.1 Å². The van der Waals surface area contributed by atoms with Crippen molar-refractivity contribution in [2.24, 2.45) is 0 Å². The Bertz CT molecular complexity index is 640. The predicted octanol–water partition coefficient (Wildman–Crippen LogP) is 4.68. The molecule has 0 amide bonds. The van der Waals surface area contributed by atoms with Gasteiger partial charge in [0.2, 0.25) is 5.88 Å². The Morgan fingerprint density at radius 1 is 1.14 bits per heavy atom. The highest BCUT2D eigenvalue weighted by atomic mass is 19.4. The third-order valence-corrected chi connectivity index (χ3v) is 2.80. The van der Waals surface area contributed by atoms with Crippen LogP contribution in [0.4, 0.5) is 22.0 Å². The van der Waals surface area contributed by atoms with Crippen LogP contribution in [0.2, 0.25) is 0 Å². The second kappa shape index (κ2) is 5.67. The van der Waals surface area contributed by atoms with E-state index in [0.29, 0.717) is 16.7 Å². The molecule has 0 N–H and O–H groups in total. The van der Waals surface area contributed by atoms with E-state index in [1.165, 1.54) is 24.4 Å². The molecule has 0 fully saturated rings. The van der Waals surface area contributed by atoms with Crippen LogP contribution in [0, 0.1) is 6.92 Å². The van der Waals surface area contributed by atoms with Crippen LogP contribution in [-0.4, -0.2) is 11.6 Å². The van der Waals surface area contributed by atoms with E-state index in [4.69, 9.17) is 0 Å². The first-order valence-electron chi connectivity index (χ1n) is 5.86. The van der Waals surface area contributed by atoms with Gasteiger partial charge in [-0.25, -0.2) is 4.98 Å². The van der Waals surface area contributed by atoms with Gasteiger partial charge in [0.1, 0.15) is 0 Å². The number of hydrogen-bond donors (Lipinski definition) is 0. The maximum Gasteiger partial charge on any atom is 0.416 e. The van der Waals surface area contributed by atoms with Crippen LogP contribution < -0.4 is 4.74 Å². The van der Waals surface area contributed by atoms with Gasteiger partial charge in [0.25, 0.3) is 0 Å². The topological polar surface area (TPSA) is 22.1 Å². The number of aryl methyl sites for hydroxylation is 1. The van der Waals surface area contributed by atoms with Crippen molar-refractivity contribution in [2.45, 2.75) is 19.7 Å². The molecule has 1 aromatic carbocycles. The van der Waals surface area contributed by atoms with Crippen molar-refractivity contribution in [3.63, 3.8) is 0 Å². The fraction of sp³-hybridized carbons (Fsp3) is 0.214. The average Bonchev–Trinajstić information content (AvgIpc) is 2.37. The summed E-state index contributed by atoms with van der Waals surface area (Å²) < 4.78 is 66.3. The number of aromatic nitrogens is 1. The van der Waals surface area contributed by atoms with E-state index in [2.05, 4.69) is 9.72 Å². The third-order valence-electron chi connectivity index (χ3n) is 2.80. The van der Waals surface area contributed by atoms with E-state index < -0.39 is 18.4 Å². The smallest absolute Gasteiger partial charge is 0.416 e. The molecule has 2 aromatic rings. The first-order valence-corrected chi connectivity index (χ1v) is 5.86. The zero-order chi connectivity index (χ0) is 15.6. The molecule has 0 aliphatic carbocycles. The number of halogens is 5. The van der Waals surface area contributed by atoms with E-state index in [1.807, 2.05) is 0 Å². The second-order valence-corrected chi connectivity index (χ2v) is 4.29. The molecular formula is C14H10F5NO. The molecule has 0 spiro atoms. The lowest BCUT2D eigenvalue weighted by molar-refractivity contribution is -0.137. The van der Waals surface area contributed by atoms with Gasteiger partial charge in [-0.05, 0) is 30.2 Å². The van der Waals surface area contributed by atoms with Crippen molar-refractivity contribution < 1.29 is 26.7 Å². The van der Waals surface area contributed by atoms with Gasteiger partial charge in [-0.3, -0.25) is 0 Å². The Hall–Kier alpha value is -2.18. The largest absolute Gasteiger partial charge is 0.417 e. The minimum atomic E-state index is -4.45. The van der Waals surface area contributed by atoms with E-state index in [-0.39, 0.29) is 5.88 Å². The lowest BCUT2D eigenvalue weighted by atomic mass is 10.0. The van der Waals surface area contributed by atoms with Gasteiger partial charge < -0.3 is 4.74 Å². The van der Waals surface area contributed by atoms with Gasteiger partial charge in [-0.15, -0.1) is 0 Å². The van der Waals surface area contributed by atoms with Crippen LogP contribution in [0.5, 0.6) is 5.88 Å². The monoisotopic (exact) mass is 303 g/mol. The summed E-state index contributed by atoms with van der Waals surface area (Å²) in [6, 6.07) is 5.97. The number of hydrogen-bond acceptors (Lipinski definition) is 2. The van der Waals surface area contributed by atoms with Gasteiger partial charge in [0.15, 0.2) is 0 Å². The Balaban J connectivity index is 2.38. The quantitative estimate of drug-likeness (QED) is 0.768. The van der Waals surface area contributed by atoms with Crippen LogP contribution in [0.15, 0.2) is 36.5 Å². The van der Waals surface area contributed by atoms with Crippen LogP contribution in [-0.2, 0) is 6.18 Å². The highest BCUT2D eigenvalue weighted by Crippen LogP contribution is 2.33. The van der Waals surface area contributed by atoms with Gasteiger partial charge in [-0.1, -0.05) is 12.1 Å². The van der Waals surface area contributed by atoms with E-state index >= 15 is 0 Å². The summed E-state index contributed by atoms with van der Waals surface area (Å²) in [6.07, 6.45) is -3.24. The van der Waals surface area contributed by atoms with Crippen molar-refractivity contribution in [1.82, 2.24) is 4.98 Å². The van der Waals surface area contributed by atoms with Gasteiger partial charge >= 0.3 is 12.8 Å². The summed E-state index contributed by atoms with van der Waals surface area (Å²) in [7, 11) is 0. The molecule has 0 aliphatic rings. The third kappa shape index (κ3) is 3.68. The lowest BCUT2D eigenvalue weighted by Gasteiger charge is -2.11. The summed E-state index contributed by atoms with van der Waals surface area (Å²) >= 11 is 0. The fourth-order valence-corrected chi connectivity index (χ4v) is 1.85. The van der Waals surface area contributed by atoms with Gasteiger partial charge in [-0.2, -0.15) is 22.0 Å². The lowest BCUT2D eigenvalue weighted by Crippen LogP contribution is -2.05. The molecule has 0 unspecified atom stereocenters. The number of ether oxygens (including phenoxy) is 1. The van der Waals surface area contributed by atoms with E-state index in [1.54, 1.807) is 6.92 Å². The number of pyridine rings is 1. The van der Waals surface area contributed by atoms with Crippen molar-refractivity contribution in [3.05, 3.63) is 47.7 Å². The predicted molar refractivity (Wildman–Crippen MR) is 66.0 cm³/mol. The van der Waals surface area contributed by atoms with E-state index in [0.717, 1.165) is 12.1 Å². The number of rotatable bonds is 3. The Morgan fingerprint density at radius 2 is 1.86 bits per heavy atom. The number of alkyl halides is 5. The molecule has 0 saturated heterocycles. The minimum Gasteiger partial charge on any atom is -0.417 e. The highest BCUT2D eigenvalue weighted by molar-refractivity contribution is 5.67. The average molecular weight is 303 g/mol. The molecule has 1 heterocycles. The molecule has 0 bridgehead atoms. The maximum atomic E-state index is 12.7. The van der Waals surface area contributed by atoms with Crippen molar-refractivity contribution in [2.75, 3.05) is 0 Å². The van der Waals surface area contributed by atoms with Crippen molar-refractivity contribution >= 4 is 0 Å². The first kappa shape index (κ1) is 15.2. The minimum absolute atomic E-state index is 0.279. The molecule has 2 rings (SSSR count). The molecule has 7 heteroatoms. The summed E-state index contributed by atoms with van der Waals surface area (Å²) in [5, 5.41) is 0. The molecule has 2 nitrogen and oxygen atoms in total. The zero-order valence-electron chi connectivity index (χ0n) is 10.8. The summed E-state index contributed by atoms with van der Waals surface area (Å²) in [6.45, 7) is -1.42. The number of nitrogens with zero attached hydrogens (tertiary/aromatic N) is 1. The summed E-state index contributed by atoms with van der Waals surface area (Å²) in [5.41, 5.74) is 0.424. The first-order chi connectivity index (χ1) is 9.77. The van der Waals surface area contributed by atoms with Crippen LogP contribution in [0.3, 0.4) is 0 Å². The molecule has 0 aliphatic heterocycles. The van der Waals surface area contributed by atoms with Crippen molar-refractivity contribution in [1.29, 1.82) is 0 Å². The van der Waals surface area contributed by atoms with E-state index in [9.17, 15) is 22.0 Å². The van der Waals surface area contributed by atoms with Crippen LogP contribution in [0.1, 0.15) is 11.1 Å². The summed E-state index contributed by atoms with van der Waals surface area (Å²) in [4.78, 5) is 3.66. The maximum absolute atomic E-state index is 12.7. The SMILES string of the molecule is Cc1cc(OC(F)F)ncc1-c1cccc(C(F)(F)F)c1. The highest BCUT2D eigenvalue weighted by Gasteiger charge is 2.30. The summed E-state index contributed by atoms with van der Waals surface area (Å²) in [5.74, 6) is -0.279. The molecule has 21 heavy (non-hydrogen) atoms. The Kier molecular flexibility index (Phi) is 4.11. The second-order valence-electron chi connectivity index (χ2n) is 4.29. The standard InChI is InChI=1S/C14H10F5NO/c1-8-5-12(21-13(15)16)20-7-11(8)9-3-2-4-10(6-9)14(17,18)19/h2-7,13H,1H3. The number of benzene rings is 1. The molecule has 1 aromatic heterocycles. The Labute approximate surface area is 117 Å². The molecular weight excluding hydrogens is 293 g/mol.